The number of methoxy groups -OCH3 is 1. The number of esters is 1. The molecule has 1 amide bonds. The molecule has 0 bridgehead atoms. The third-order valence-electron chi connectivity index (χ3n) is 3.47. The van der Waals surface area contributed by atoms with Gasteiger partial charge in [-0.15, -0.1) is 11.3 Å². The van der Waals surface area contributed by atoms with Crippen molar-refractivity contribution in [1.29, 1.82) is 0 Å². The van der Waals surface area contributed by atoms with Crippen molar-refractivity contribution >= 4 is 23.2 Å². The number of carbonyl (C=O) groups excluding carboxylic acids is 2. The van der Waals surface area contributed by atoms with Crippen LogP contribution in [0.5, 0.6) is 0 Å². The second kappa shape index (κ2) is 6.70. The van der Waals surface area contributed by atoms with Crippen LogP contribution in [-0.2, 0) is 20.7 Å². The molecule has 1 aromatic heterocycles. The van der Waals surface area contributed by atoms with Gasteiger partial charge in [-0.3, -0.25) is 9.59 Å². The van der Waals surface area contributed by atoms with Gasteiger partial charge in [0.05, 0.1) is 13.0 Å². The van der Waals surface area contributed by atoms with E-state index in [1.807, 2.05) is 17.5 Å². The predicted molar refractivity (Wildman–Crippen MR) is 74.0 cm³/mol. The number of thiophene rings is 1. The second-order valence-electron chi connectivity index (χ2n) is 4.78. The molecule has 2 heterocycles. The monoisotopic (exact) mass is 281 g/mol. The summed E-state index contributed by atoms with van der Waals surface area (Å²) in [4.78, 5) is 26.7. The van der Waals surface area contributed by atoms with Crippen molar-refractivity contribution in [3.8, 4) is 0 Å². The number of hydrogen-bond acceptors (Lipinski definition) is 4. The van der Waals surface area contributed by atoms with Crippen molar-refractivity contribution in [1.82, 2.24) is 4.90 Å². The van der Waals surface area contributed by atoms with Gasteiger partial charge < -0.3 is 9.64 Å². The quantitative estimate of drug-likeness (QED) is 0.794. The average Bonchev–Trinajstić information content (AvgIpc) is 2.97. The summed E-state index contributed by atoms with van der Waals surface area (Å²) in [5.41, 5.74) is 0. The summed E-state index contributed by atoms with van der Waals surface area (Å²) in [6, 6.07) is 4.05. The first-order valence-electron chi connectivity index (χ1n) is 6.58. The third-order valence-corrected chi connectivity index (χ3v) is 4.41. The van der Waals surface area contributed by atoms with Crippen molar-refractivity contribution in [2.45, 2.75) is 25.7 Å². The smallest absolute Gasteiger partial charge is 0.310 e. The largest absolute Gasteiger partial charge is 0.469 e. The molecular weight excluding hydrogens is 262 g/mol. The highest BCUT2D eigenvalue weighted by Crippen LogP contribution is 2.19. The minimum atomic E-state index is -0.198. The minimum absolute atomic E-state index is 0.141. The number of piperidine rings is 1. The Bertz CT molecular complexity index is 430. The molecule has 19 heavy (non-hydrogen) atoms. The summed E-state index contributed by atoms with van der Waals surface area (Å²) >= 11 is 1.68. The maximum absolute atomic E-state index is 12.1. The van der Waals surface area contributed by atoms with Crippen LogP contribution in [-0.4, -0.2) is 37.0 Å². The van der Waals surface area contributed by atoms with Gasteiger partial charge in [-0.2, -0.15) is 0 Å². The van der Waals surface area contributed by atoms with Gasteiger partial charge in [-0.05, 0) is 30.7 Å². The van der Waals surface area contributed by atoms with E-state index < -0.39 is 0 Å². The highest BCUT2D eigenvalue weighted by atomic mass is 32.1. The van der Waals surface area contributed by atoms with Crippen LogP contribution in [0.2, 0.25) is 0 Å². The maximum atomic E-state index is 12.1. The van der Waals surface area contributed by atoms with Crippen LogP contribution in [0.4, 0.5) is 0 Å². The molecule has 0 aromatic carbocycles. The number of rotatable bonds is 4. The van der Waals surface area contributed by atoms with Crippen molar-refractivity contribution in [3.63, 3.8) is 0 Å². The first-order chi connectivity index (χ1) is 9.20. The van der Waals surface area contributed by atoms with E-state index in [1.165, 1.54) is 12.0 Å². The van der Waals surface area contributed by atoms with Gasteiger partial charge in [-0.25, -0.2) is 0 Å². The minimum Gasteiger partial charge on any atom is -0.469 e. The van der Waals surface area contributed by atoms with Crippen molar-refractivity contribution in [2.75, 3.05) is 20.2 Å². The summed E-state index contributed by atoms with van der Waals surface area (Å²) in [6.07, 6.45) is 3.01. The van der Waals surface area contributed by atoms with Crippen LogP contribution >= 0.6 is 11.3 Å². The van der Waals surface area contributed by atoms with E-state index in [-0.39, 0.29) is 17.8 Å². The lowest BCUT2D eigenvalue weighted by atomic mass is 9.98. The molecule has 0 radical (unpaired) electrons. The van der Waals surface area contributed by atoms with Crippen LogP contribution in [0.25, 0.3) is 0 Å². The number of amides is 1. The highest BCUT2D eigenvalue weighted by Gasteiger charge is 2.28. The first-order valence-corrected chi connectivity index (χ1v) is 7.46. The Morgan fingerprint density at radius 2 is 2.37 bits per heavy atom. The first kappa shape index (κ1) is 14.1. The Kier molecular flexibility index (Phi) is 4.96. The van der Waals surface area contributed by atoms with Gasteiger partial charge in [0.15, 0.2) is 0 Å². The van der Waals surface area contributed by atoms with Gasteiger partial charge in [0.25, 0.3) is 0 Å². The number of carbonyl (C=O) groups is 2. The lowest BCUT2D eigenvalue weighted by molar-refractivity contribution is -0.149. The zero-order chi connectivity index (χ0) is 13.7. The summed E-state index contributed by atoms with van der Waals surface area (Å²) in [7, 11) is 1.40. The third kappa shape index (κ3) is 3.80. The second-order valence-corrected chi connectivity index (χ2v) is 5.81. The highest BCUT2D eigenvalue weighted by molar-refractivity contribution is 7.09. The van der Waals surface area contributed by atoms with Gasteiger partial charge >= 0.3 is 5.97 Å². The number of nitrogens with zero attached hydrogens (tertiary/aromatic N) is 1. The van der Waals surface area contributed by atoms with Crippen LogP contribution in [0.1, 0.15) is 24.1 Å². The zero-order valence-corrected chi connectivity index (χ0v) is 11.9. The molecule has 2 rings (SSSR count). The van der Waals surface area contributed by atoms with Crippen LogP contribution in [0.15, 0.2) is 17.5 Å². The fourth-order valence-electron chi connectivity index (χ4n) is 2.41. The predicted octanol–water partition coefficient (Wildman–Crippen LogP) is 2.09. The van der Waals surface area contributed by atoms with Crippen LogP contribution in [0.3, 0.4) is 0 Å². The standard InChI is InChI=1S/C14H19NO3S/c1-18-14(17)11-4-2-8-15(10-11)13(16)7-6-12-5-3-9-19-12/h3,5,9,11H,2,4,6-8,10H2,1H3. The molecule has 5 heteroatoms. The molecule has 1 fully saturated rings. The Morgan fingerprint density at radius 3 is 3.05 bits per heavy atom. The van der Waals surface area contributed by atoms with E-state index in [1.54, 1.807) is 16.2 Å². The van der Waals surface area contributed by atoms with Crippen molar-refractivity contribution in [2.24, 2.45) is 5.92 Å². The van der Waals surface area contributed by atoms with Crippen molar-refractivity contribution in [3.05, 3.63) is 22.4 Å². The summed E-state index contributed by atoms with van der Waals surface area (Å²) in [6.45, 7) is 1.27. The summed E-state index contributed by atoms with van der Waals surface area (Å²) in [5, 5.41) is 2.02. The molecular formula is C14H19NO3S. The number of likely N-dealkylation sites (tertiary alicyclic amines) is 1. The number of ether oxygens (including phenoxy) is 1. The molecule has 1 aliphatic rings. The number of hydrogen-bond donors (Lipinski definition) is 0. The SMILES string of the molecule is COC(=O)C1CCCN(C(=O)CCc2cccs2)C1. The fourth-order valence-corrected chi connectivity index (χ4v) is 3.11. The molecule has 1 unspecified atom stereocenters. The molecule has 1 saturated heterocycles. The van der Waals surface area contributed by atoms with Crippen LogP contribution in [0, 0.1) is 5.92 Å². The normalized spacial score (nSPS) is 19.2. The number of aryl methyl sites for hydroxylation is 1. The summed E-state index contributed by atoms with van der Waals surface area (Å²) in [5.74, 6) is -0.206. The van der Waals surface area contributed by atoms with E-state index in [2.05, 4.69) is 0 Å². The Labute approximate surface area is 117 Å². The lowest BCUT2D eigenvalue weighted by Crippen LogP contribution is -2.42. The van der Waals surface area contributed by atoms with E-state index in [0.29, 0.717) is 13.0 Å². The fraction of sp³-hybridized carbons (Fsp3) is 0.571. The molecule has 1 aliphatic heterocycles. The van der Waals surface area contributed by atoms with Crippen LogP contribution < -0.4 is 0 Å². The molecule has 104 valence electrons. The van der Waals surface area contributed by atoms with E-state index in [0.717, 1.165) is 25.8 Å². The Hall–Kier alpha value is -1.36. The van der Waals surface area contributed by atoms with E-state index >= 15 is 0 Å². The molecule has 0 saturated carbocycles. The average molecular weight is 281 g/mol. The van der Waals surface area contributed by atoms with Gasteiger partial charge in [0, 0.05) is 24.4 Å². The van der Waals surface area contributed by atoms with Gasteiger partial charge in [0.2, 0.25) is 5.91 Å². The molecule has 0 N–H and O–H groups in total. The molecule has 0 spiro atoms. The van der Waals surface area contributed by atoms with Gasteiger partial charge in [-0.1, -0.05) is 6.07 Å². The molecule has 4 nitrogen and oxygen atoms in total. The topological polar surface area (TPSA) is 46.6 Å². The Balaban J connectivity index is 1.83. The lowest BCUT2D eigenvalue weighted by Gasteiger charge is -2.31. The maximum Gasteiger partial charge on any atom is 0.310 e. The Morgan fingerprint density at radius 1 is 1.53 bits per heavy atom. The zero-order valence-electron chi connectivity index (χ0n) is 11.1. The summed E-state index contributed by atoms with van der Waals surface area (Å²) < 4.78 is 4.76. The van der Waals surface area contributed by atoms with E-state index in [9.17, 15) is 9.59 Å². The molecule has 0 aliphatic carbocycles. The molecule has 1 aromatic rings. The van der Waals surface area contributed by atoms with Crippen molar-refractivity contribution < 1.29 is 14.3 Å². The molecule has 1 atom stereocenters. The van der Waals surface area contributed by atoms with Gasteiger partial charge in [0.1, 0.15) is 0 Å². The van der Waals surface area contributed by atoms with E-state index in [4.69, 9.17) is 4.74 Å².